The Bertz CT molecular complexity index is 751. The van der Waals surface area contributed by atoms with Gasteiger partial charge in [0.2, 0.25) is 5.91 Å². The highest BCUT2D eigenvalue weighted by Crippen LogP contribution is 2.28. The number of benzene rings is 2. The van der Waals surface area contributed by atoms with Gasteiger partial charge in [0, 0.05) is 11.8 Å². The molecule has 5 heteroatoms. The third kappa shape index (κ3) is 5.84. The van der Waals surface area contributed by atoms with E-state index in [0.717, 1.165) is 11.3 Å². The average Bonchev–Trinajstić information content (AvgIpc) is 2.62. The lowest BCUT2D eigenvalue weighted by atomic mass is 10.2. The number of carbonyl (C=O) groups excluding carboxylic acids is 1. The maximum Gasteiger partial charge on any atom is 0.248 e. The van der Waals surface area contributed by atoms with Gasteiger partial charge in [-0.1, -0.05) is 6.07 Å². The first kappa shape index (κ1) is 19.4. The smallest absolute Gasteiger partial charge is 0.248 e. The molecular formula is C21H25NO4. The first-order valence-corrected chi connectivity index (χ1v) is 8.58. The zero-order chi connectivity index (χ0) is 18.9. The molecule has 0 atom stereocenters. The van der Waals surface area contributed by atoms with Crippen LogP contribution in [0.4, 0.5) is 5.69 Å². The third-order valence-electron chi connectivity index (χ3n) is 3.41. The van der Waals surface area contributed by atoms with Crippen molar-refractivity contribution in [1.82, 2.24) is 0 Å². The minimum Gasteiger partial charge on any atom is -0.493 e. The molecule has 2 aromatic carbocycles. The predicted octanol–water partition coefficient (Wildman–Crippen LogP) is 4.53. The van der Waals surface area contributed by atoms with Crippen molar-refractivity contribution < 1.29 is 19.0 Å². The van der Waals surface area contributed by atoms with Gasteiger partial charge in [-0.25, -0.2) is 0 Å². The van der Waals surface area contributed by atoms with E-state index in [-0.39, 0.29) is 12.0 Å². The average molecular weight is 355 g/mol. The standard InChI is InChI=1S/C21H25NO4/c1-5-25-19-12-6-16(14-20(19)24-4)7-13-21(23)22-17-8-10-18(11-9-17)26-15(2)3/h6-15H,5H2,1-4H3,(H,22,23). The molecule has 0 aromatic heterocycles. The number of nitrogens with one attached hydrogen (secondary N) is 1. The molecule has 1 N–H and O–H groups in total. The molecule has 2 aromatic rings. The van der Waals surface area contributed by atoms with Gasteiger partial charge in [-0.3, -0.25) is 4.79 Å². The summed E-state index contributed by atoms with van der Waals surface area (Å²) in [6.07, 6.45) is 3.32. The zero-order valence-electron chi connectivity index (χ0n) is 15.6. The minimum absolute atomic E-state index is 0.115. The van der Waals surface area contributed by atoms with E-state index in [2.05, 4.69) is 5.32 Å². The van der Waals surface area contributed by atoms with Crippen LogP contribution in [-0.2, 0) is 4.79 Å². The fourth-order valence-corrected chi connectivity index (χ4v) is 2.31. The number of hydrogen-bond acceptors (Lipinski definition) is 4. The Hall–Kier alpha value is -2.95. The van der Waals surface area contributed by atoms with E-state index in [4.69, 9.17) is 14.2 Å². The molecule has 1 amide bonds. The van der Waals surface area contributed by atoms with Crippen molar-refractivity contribution in [2.75, 3.05) is 19.0 Å². The summed E-state index contributed by atoms with van der Waals surface area (Å²) in [7, 11) is 1.59. The highest BCUT2D eigenvalue weighted by Gasteiger charge is 2.05. The van der Waals surface area contributed by atoms with E-state index in [1.165, 1.54) is 6.08 Å². The quantitative estimate of drug-likeness (QED) is 0.707. The van der Waals surface area contributed by atoms with Gasteiger partial charge >= 0.3 is 0 Å². The molecule has 0 aliphatic rings. The van der Waals surface area contributed by atoms with Crippen LogP contribution in [0.25, 0.3) is 6.08 Å². The van der Waals surface area contributed by atoms with Gasteiger partial charge in [0.25, 0.3) is 0 Å². The number of anilines is 1. The molecule has 0 saturated carbocycles. The summed E-state index contributed by atoms with van der Waals surface area (Å²) in [5.41, 5.74) is 1.56. The van der Waals surface area contributed by atoms with Gasteiger partial charge < -0.3 is 19.5 Å². The summed E-state index contributed by atoms with van der Waals surface area (Å²) < 4.78 is 16.4. The lowest BCUT2D eigenvalue weighted by Gasteiger charge is -2.10. The molecule has 138 valence electrons. The molecule has 0 aliphatic heterocycles. The summed E-state index contributed by atoms with van der Waals surface area (Å²) >= 11 is 0. The van der Waals surface area contributed by atoms with Gasteiger partial charge in [0.1, 0.15) is 5.75 Å². The van der Waals surface area contributed by atoms with Crippen LogP contribution in [0, 0.1) is 0 Å². The summed E-state index contributed by atoms with van der Waals surface area (Å²) in [6, 6.07) is 12.8. The SMILES string of the molecule is CCOc1ccc(C=CC(=O)Nc2ccc(OC(C)C)cc2)cc1OC. The van der Waals surface area contributed by atoms with Gasteiger partial charge in [-0.15, -0.1) is 0 Å². The Morgan fingerprint density at radius 1 is 1.12 bits per heavy atom. The maximum atomic E-state index is 12.1. The van der Waals surface area contributed by atoms with Crippen molar-refractivity contribution in [3.8, 4) is 17.2 Å². The first-order valence-electron chi connectivity index (χ1n) is 8.58. The van der Waals surface area contributed by atoms with Gasteiger partial charge in [-0.2, -0.15) is 0 Å². The van der Waals surface area contributed by atoms with Crippen molar-refractivity contribution in [1.29, 1.82) is 0 Å². The Labute approximate surface area is 154 Å². The van der Waals surface area contributed by atoms with Crippen LogP contribution in [0.3, 0.4) is 0 Å². The highest BCUT2D eigenvalue weighted by molar-refractivity contribution is 6.01. The monoisotopic (exact) mass is 355 g/mol. The molecule has 5 nitrogen and oxygen atoms in total. The predicted molar refractivity (Wildman–Crippen MR) is 104 cm³/mol. The van der Waals surface area contributed by atoms with Crippen LogP contribution in [0.1, 0.15) is 26.3 Å². The van der Waals surface area contributed by atoms with Crippen LogP contribution < -0.4 is 19.5 Å². The van der Waals surface area contributed by atoms with Gasteiger partial charge in [0.15, 0.2) is 11.5 Å². The number of rotatable bonds is 8. The van der Waals surface area contributed by atoms with Crippen LogP contribution >= 0.6 is 0 Å². The van der Waals surface area contributed by atoms with Gasteiger partial charge in [0.05, 0.1) is 19.8 Å². The first-order chi connectivity index (χ1) is 12.5. The zero-order valence-corrected chi connectivity index (χ0v) is 15.6. The Balaban J connectivity index is 1.98. The number of amides is 1. The Kier molecular flexibility index (Phi) is 7.09. The van der Waals surface area contributed by atoms with E-state index >= 15 is 0 Å². The Morgan fingerprint density at radius 2 is 1.85 bits per heavy atom. The number of carbonyl (C=O) groups is 1. The van der Waals surface area contributed by atoms with Crippen molar-refractivity contribution in [2.24, 2.45) is 0 Å². The lowest BCUT2D eigenvalue weighted by Crippen LogP contribution is -2.08. The molecule has 0 unspecified atom stereocenters. The Morgan fingerprint density at radius 3 is 2.46 bits per heavy atom. The molecule has 0 heterocycles. The molecular weight excluding hydrogens is 330 g/mol. The molecule has 26 heavy (non-hydrogen) atoms. The van der Waals surface area contributed by atoms with E-state index in [1.807, 2.05) is 63.2 Å². The second-order valence-electron chi connectivity index (χ2n) is 5.86. The number of hydrogen-bond donors (Lipinski definition) is 1. The van der Waals surface area contributed by atoms with Crippen molar-refractivity contribution >= 4 is 17.7 Å². The molecule has 0 fully saturated rings. The second-order valence-corrected chi connectivity index (χ2v) is 5.86. The van der Waals surface area contributed by atoms with Crippen LogP contribution in [-0.4, -0.2) is 25.7 Å². The molecule has 2 rings (SSSR count). The molecule has 0 saturated heterocycles. The summed E-state index contributed by atoms with van der Waals surface area (Å²) in [5.74, 6) is 1.88. The second kappa shape index (κ2) is 9.51. The van der Waals surface area contributed by atoms with Gasteiger partial charge in [-0.05, 0) is 68.8 Å². The topological polar surface area (TPSA) is 56.8 Å². The molecule has 0 aliphatic carbocycles. The van der Waals surface area contributed by atoms with E-state index in [0.29, 0.717) is 23.8 Å². The van der Waals surface area contributed by atoms with E-state index < -0.39 is 0 Å². The molecule has 0 radical (unpaired) electrons. The summed E-state index contributed by atoms with van der Waals surface area (Å²) in [6.45, 7) is 6.42. The summed E-state index contributed by atoms with van der Waals surface area (Å²) in [5, 5.41) is 2.82. The van der Waals surface area contributed by atoms with Crippen LogP contribution in [0.15, 0.2) is 48.5 Å². The highest BCUT2D eigenvalue weighted by atomic mass is 16.5. The molecule has 0 spiro atoms. The number of methoxy groups -OCH3 is 1. The number of ether oxygens (including phenoxy) is 3. The molecule has 0 bridgehead atoms. The van der Waals surface area contributed by atoms with Crippen molar-refractivity contribution in [2.45, 2.75) is 26.9 Å². The minimum atomic E-state index is -0.213. The normalized spacial score (nSPS) is 10.8. The van der Waals surface area contributed by atoms with E-state index in [1.54, 1.807) is 13.2 Å². The van der Waals surface area contributed by atoms with E-state index in [9.17, 15) is 4.79 Å². The third-order valence-corrected chi connectivity index (χ3v) is 3.41. The van der Waals surface area contributed by atoms with Crippen molar-refractivity contribution in [3.05, 3.63) is 54.1 Å². The van der Waals surface area contributed by atoms with Crippen molar-refractivity contribution in [3.63, 3.8) is 0 Å². The fourth-order valence-electron chi connectivity index (χ4n) is 2.31. The van der Waals surface area contributed by atoms with Crippen LogP contribution in [0.5, 0.6) is 17.2 Å². The fraction of sp³-hybridized carbons (Fsp3) is 0.286. The summed E-state index contributed by atoms with van der Waals surface area (Å²) in [4.78, 5) is 12.1. The largest absolute Gasteiger partial charge is 0.493 e. The van der Waals surface area contributed by atoms with Crippen LogP contribution in [0.2, 0.25) is 0 Å². The maximum absolute atomic E-state index is 12.1. The lowest BCUT2D eigenvalue weighted by molar-refractivity contribution is -0.111.